The molecular weight excluding hydrogens is 294 g/mol. The van der Waals surface area contributed by atoms with E-state index in [2.05, 4.69) is 10.2 Å². The van der Waals surface area contributed by atoms with Crippen LogP contribution >= 0.6 is 0 Å². The molecule has 7 heteroatoms. The summed E-state index contributed by atoms with van der Waals surface area (Å²) >= 11 is 0. The lowest BCUT2D eigenvalue weighted by atomic mass is 10.2. The van der Waals surface area contributed by atoms with Crippen LogP contribution in [0.4, 0.5) is 5.69 Å². The number of carbonyl (C=O) groups excluding carboxylic acids is 2. The third-order valence-electron chi connectivity index (χ3n) is 3.66. The molecule has 1 aromatic carbocycles. The van der Waals surface area contributed by atoms with Crippen molar-refractivity contribution in [3.63, 3.8) is 0 Å². The Bertz CT molecular complexity index is 652. The molecule has 1 saturated heterocycles. The Hall–Kier alpha value is -2.85. The van der Waals surface area contributed by atoms with Crippen LogP contribution in [-0.4, -0.2) is 54.8 Å². The number of likely N-dealkylation sites (N-methyl/N-ethyl adjacent to an activating group) is 1. The van der Waals surface area contributed by atoms with Gasteiger partial charge in [-0.2, -0.15) is 5.26 Å². The van der Waals surface area contributed by atoms with E-state index >= 15 is 0 Å². The fourth-order valence-corrected chi connectivity index (χ4v) is 2.18. The van der Waals surface area contributed by atoms with Crippen molar-refractivity contribution < 1.29 is 9.59 Å². The van der Waals surface area contributed by atoms with Gasteiger partial charge in [0.2, 0.25) is 0 Å². The molecule has 0 saturated carbocycles. The second kappa shape index (κ2) is 7.42. The number of benzene rings is 1. The van der Waals surface area contributed by atoms with Gasteiger partial charge in [0.25, 0.3) is 11.8 Å². The maximum Gasteiger partial charge on any atom is 0.266 e. The number of hydrogen-bond donors (Lipinski definition) is 2. The van der Waals surface area contributed by atoms with Crippen molar-refractivity contribution in [3.8, 4) is 6.07 Å². The van der Waals surface area contributed by atoms with Crippen molar-refractivity contribution in [1.82, 2.24) is 15.1 Å². The molecule has 3 N–H and O–H groups in total. The summed E-state index contributed by atoms with van der Waals surface area (Å²) in [6.07, 6.45) is 1.17. The van der Waals surface area contributed by atoms with Crippen LogP contribution in [0.5, 0.6) is 0 Å². The third-order valence-corrected chi connectivity index (χ3v) is 3.66. The molecule has 0 atom stereocenters. The van der Waals surface area contributed by atoms with Gasteiger partial charge in [-0.15, -0.1) is 0 Å². The molecule has 1 fully saturated rings. The minimum atomic E-state index is -0.399. The Balaban J connectivity index is 2.01. The number of piperazine rings is 1. The predicted octanol–water partition coefficient (Wildman–Crippen LogP) is 0.180. The maximum absolute atomic E-state index is 12.3. The fraction of sp³-hybridized carbons (Fsp3) is 0.312. The fourth-order valence-electron chi connectivity index (χ4n) is 2.18. The highest BCUT2D eigenvalue weighted by molar-refractivity contribution is 5.99. The van der Waals surface area contributed by atoms with Crippen LogP contribution in [0.15, 0.2) is 36.0 Å². The van der Waals surface area contributed by atoms with Crippen LogP contribution in [0.3, 0.4) is 0 Å². The second-order valence-electron chi connectivity index (χ2n) is 5.36. The zero-order chi connectivity index (χ0) is 16.8. The number of carbonyl (C=O) groups is 2. The van der Waals surface area contributed by atoms with Gasteiger partial charge in [0.15, 0.2) is 0 Å². The summed E-state index contributed by atoms with van der Waals surface area (Å²) in [5.74, 6) is -0.762. The minimum absolute atomic E-state index is 0.0849. The number of hydrogen-bond acceptors (Lipinski definition) is 5. The standard InChI is InChI=1S/C16H19N5O2/c1-20-6-8-21(9-7-20)16(23)13(10-17)11-19-15(22)12-2-4-14(18)5-3-12/h2-5,11H,6-9,18H2,1H3,(H,19,22)/b13-11-. The lowest BCUT2D eigenvalue weighted by Gasteiger charge is -2.32. The van der Waals surface area contributed by atoms with Gasteiger partial charge in [0.1, 0.15) is 11.6 Å². The number of nitrogens with one attached hydrogen (secondary N) is 1. The molecule has 1 aromatic rings. The Morgan fingerprint density at radius 2 is 1.83 bits per heavy atom. The van der Waals surface area contributed by atoms with E-state index in [1.54, 1.807) is 29.2 Å². The lowest BCUT2D eigenvalue weighted by molar-refractivity contribution is -0.128. The monoisotopic (exact) mass is 313 g/mol. The Morgan fingerprint density at radius 1 is 1.22 bits per heavy atom. The van der Waals surface area contributed by atoms with Gasteiger partial charge in [0.05, 0.1) is 0 Å². The van der Waals surface area contributed by atoms with Crippen LogP contribution in [-0.2, 0) is 4.79 Å². The number of nitrogen functional groups attached to an aromatic ring is 1. The molecule has 0 aliphatic carbocycles. The quantitative estimate of drug-likeness (QED) is 0.471. The van der Waals surface area contributed by atoms with E-state index in [9.17, 15) is 9.59 Å². The van der Waals surface area contributed by atoms with Gasteiger partial charge >= 0.3 is 0 Å². The van der Waals surface area contributed by atoms with Crippen molar-refractivity contribution in [2.24, 2.45) is 0 Å². The Morgan fingerprint density at radius 3 is 2.39 bits per heavy atom. The zero-order valence-corrected chi connectivity index (χ0v) is 13.0. The predicted molar refractivity (Wildman–Crippen MR) is 86.1 cm³/mol. The van der Waals surface area contributed by atoms with Crippen molar-refractivity contribution in [2.75, 3.05) is 39.0 Å². The van der Waals surface area contributed by atoms with Crippen LogP contribution < -0.4 is 11.1 Å². The molecule has 0 radical (unpaired) electrons. The van der Waals surface area contributed by atoms with Gasteiger partial charge in [-0.1, -0.05) is 0 Å². The molecule has 0 bridgehead atoms. The summed E-state index contributed by atoms with van der Waals surface area (Å²) in [5, 5.41) is 11.6. The second-order valence-corrected chi connectivity index (χ2v) is 5.36. The van der Waals surface area contributed by atoms with E-state index in [1.165, 1.54) is 6.20 Å². The first-order valence-corrected chi connectivity index (χ1v) is 7.25. The lowest BCUT2D eigenvalue weighted by Crippen LogP contribution is -2.47. The summed E-state index contributed by atoms with van der Waals surface area (Å²) in [6, 6.07) is 8.22. The van der Waals surface area contributed by atoms with Gasteiger partial charge < -0.3 is 20.9 Å². The highest BCUT2D eigenvalue weighted by atomic mass is 16.2. The SMILES string of the molecule is CN1CCN(C(=O)/C(C#N)=C\NC(=O)c2ccc(N)cc2)CC1. The van der Waals surface area contributed by atoms with E-state index in [0.717, 1.165) is 13.1 Å². The number of amides is 2. The number of nitrogens with two attached hydrogens (primary N) is 1. The molecule has 1 heterocycles. The number of rotatable bonds is 3. The van der Waals surface area contributed by atoms with Crippen molar-refractivity contribution in [1.29, 1.82) is 5.26 Å². The van der Waals surface area contributed by atoms with Crippen molar-refractivity contribution >= 4 is 17.5 Å². The van der Waals surface area contributed by atoms with Crippen molar-refractivity contribution in [3.05, 3.63) is 41.6 Å². The Labute approximate surface area is 135 Å². The molecule has 0 aromatic heterocycles. The van der Waals surface area contributed by atoms with Crippen LogP contribution in [0, 0.1) is 11.3 Å². The van der Waals surface area contributed by atoms with E-state index in [-0.39, 0.29) is 11.5 Å². The van der Waals surface area contributed by atoms with Crippen LogP contribution in [0.2, 0.25) is 0 Å². The van der Waals surface area contributed by atoms with Gasteiger partial charge in [0, 0.05) is 43.6 Å². The summed E-state index contributed by atoms with van der Waals surface area (Å²) in [7, 11) is 1.98. The molecule has 2 rings (SSSR count). The molecule has 1 aliphatic rings. The highest BCUT2D eigenvalue weighted by Crippen LogP contribution is 2.07. The molecule has 2 amide bonds. The minimum Gasteiger partial charge on any atom is -0.399 e. The largest absolute Gasteiger partial charge is 0.399 e. The van der Waals surface area contributed by atoms with E-state index in [4.69, 9.17) is 11.0 Å². The zero-order valence-electron chi connectivity index (χ0n) is 13.0. The molecule has 1 aliphatic heterocycles. The molecule has 0 spiro atoms. The topological polar surface area (TPSA) is 102 Å². The number of nitriles is 1. The summed E-state index contributed by atoms with van der Waals surface area (Å²) < 4.78 is 0. The molecule has 23 heavy (non-hydrogen) atoms. The van der Waals surface area contributed by atoms with E-state index in [0.29, 0.717) is 24.3 Å². The molecule has 120 valence electrons. The highest BCUT2D eigenvalue weighted by Gasteiger charge is 2.22. The average molecular weight is 313 g/mol. The van der Waals surface area contributed by atoms with E-state index in [1.807, 2.05) is 13.1 Å². The van der Waals surface area contributed by atoms with E-state index < -0.39 is 5.91 Å². The molecular formula is C16H19N5O2. The van der Waals surface area contributed by atoms with Crippen LogP contribution in [0.25, 0.3) is 0 Å². The molecule has 7 nitrogen and oxygen atoms in total. The first-order valence-electron chi connectivity index (χ1n) is 7.25. The smallest absolute Gasteiger partial charge is 0.266 e. The van der Waals surface area contributed by atoms with Gasteiger partial charge in [-0.3, -0.25) is 9.59 Å². The molecule has 0 unspecified atom stereocenters. The third kappa shape index (κ3) is 4.31. The van der Waals surface area contributed by atoms with Crippen LogP contribution in [0.1, 0.15) is 10.4 Å². The summed E-state index contributed by atoms with van der Waals surface area (Å²) in [6.45, 7) is 2.67. The average Bonchev–Trinajstić information content (AvgIpc) is 2.56. The number of anilines is 1. The number of nitrogens with zero attached hydrogens (tertiary/aromatic N) is 3. The van der Waals surface area contributed by atoms with Crippen molar-refractivity contribution in [2.45, 2.75) is 0 Å². The summed E-state index contributed by atoms with van der Waals surface area (Å²) in [5.41, 5.74) is 6.44. The Kier molecular flexibility index (Phi) is 5.33. The van der Waals surface area contributed by atoms with Gasteiger partial charge in [-0.25, -0.2) is 0 Å². The normalized spacial score (nSPS) is 15.8. The first-order chi connectivity index (χ1) is 11.0. The maximum atomic E-state index is 12.3. The summed E-state index contributed by atoms with van der Waals surface area (Å²) in [4.78, 5) is 28.0. The van der Waals surface area contributed by atoms with Gasteiger partial charge in [-0.05, 0) is 31.3 Å². The first kappa shape index (κ1) is 16.5.